The molecule has 140 valence electrons. The SMILES string of the molecule is CCOC(=O)c1c(C)nc(N)nc1-c1cc(Br)ccc1OCCC(C)C. The summed E-state index contributed by atoms with van der Waals surface area (Å²) in [6.45, 7) is 8.58. The fourth-order valence-corrected chi connectivity index (χ4v) is 2.82. The molecular formula is C19H24BrN3O3. The molecule has 2 aromatic rings. The standard InChI is InChI=1S/C19H24BrN3O3/c1-5-25-18(24)16-12(4)22-19(21)23-17(16)14-10-13(20)6-7-15(14)26-9-8-11(2)3/h6-7,10-11H,5,8-9H2,1-4H3,(H2,21,22,23). The quantitative estimate of drug-likeness (QED) is 0.666. The van der Waals surface area contributed by atoms with Gasteiger partial charge in [0, 0.05) is 10.0 Å². The van der Waals surface area contributed by atoms with Crippen LogP contribution in [0.15, 0.2) is 22.7 Å². The first-order valence-electron chi connectivity index (χ1n) is 8.57. The lowest BCUT2D eigenvalue weighted by Crippen LogP contribution is -2.13. The summed E-state index contributed by atoms with van der Waals surface area (Å²) in [5, 5.41) is 0. The number of carbonyl (C=O) groups is 1. The summed E-state index contributed by atoms with van der Waals surface area (Å²) < 4.78 is 12.0. The number of halogens is 1. The number of carbonyl (C=O) groups excluding carboxylic acids is 1. The van der Waals surface area contributed by atoms with Gasteiger partial charge in [0.2, 0.25) is 5.95 Å². The maximum Gasteiger partial charge on any atom is 0.342 e. The molecular weight excluding hydrogens is 398 g/mol. The Labute approximate surface area is 162 Å². The molecule has 2 rings (SSSR count). The van der Waals surface area contributed by atoms with Crippen LogP contribution in [0.25, 0.3) is 11.3 Å². The lowest BCUT2D eigenvalue weighted by atomic mass is 10.0. The number of nitrogens with zero attached hydrogens (tertiary/aromatic N) is 2. The van der Waals surface area contributed by atoms with Crippen LogP contribution in [0.2, 0.25) is 0 Å². The van der Waals surface area contributed by atoms with Crippen molar-refractivity contribution in [2.75, 3.05) is 18.9 Å². The fraction of sp³-hybridized carbons (Fsp3) is 0.421. The predicted octanol–water partition coefficient (Wildman–Crippen LogP) is 4.40. The van der Waals surface area contributed by atoms with Gasteiger partial charge < -0.3 is 15.2 Å². The van der Waals surface area contributed by atoms with Crippen LogP contribution in [-0.4, -0.2) is 29.2 Å². The predicted molar refractivity (Wildman–Crippen MR) is 105 cm³/mol. The van der Waals surface area contributed by atoms with Crippen molar-refractivity contribution >= 4 is 27.8 Å². The van der Waals surface area contributed by atoms with E-state index in [0.29, 0.717) is 40.8 Å². The highest BCUT2D eigenvalue weighted by Crippen LogP contribution is 2.35. The Morgan fingerprint density at radius 1 is 1.31 bits per heavy atom. The normalized spacial score (nSPS) is 10.8. The molecule has 7 heteroatoms. The van der Waals surface area contributed by atoms with E-state index in [0.717, 1.165) is 10.9 Å². The zero-order chi connectivity index (χ0) is 19.3. The van der Waals surface area contributed by atoms with Crippen molar-refractivity contribution in [2.24, 2.45) is 5.92 Å². The lowest BCUT2D eigenvalue weighted by molar-refractivity contribution is 0.0525. The van der Waals surface area contributed by atoms with Gasteiger partial charge in [-0.25, -0.2) is 14.8 Å². The van der Waals surface area contributed by atoms with Gasteiger partial charge in [-0.1, -0.05) is 29.8 Å². The van der Waals surface area contributed by atoms with Gasteiger partial charge in [0.05, 0.1) is 24.6 Å². The molecule has 1 aromatic carbocycles. The Hall–Kier alpha value is -2.15. The molecule has 0 aliphatic carbocycles. The molecule has 0 amide bonds. The Bertz CT molecular complexity index is 794. The number of esters is 1. The topological polar surface area (TPSA) is 87.3 Å². The maximum absolute atomic E-state index is 12.5. The van der Waals surface area contributed by atoms with Crippen molar-refractivity contribution in [3.8, 4) is 17.0 Å². The van der Waals surface area contributed by atoms with Crippen molar-refractivity contribution in [1.82, 2.24) is 9.97 Å². The van der Waals surface area contributed by atoms with Gasteiger partial charge in [0.15, 0.2) is 0 Å². The molecule has 2 N–H and O–H groups in total. The van der Waals surface area contributed by atoms with Crippen LogP contribution in [0.3, 0.4) is 0 Å². The molecule has 0 fully saturated rings. The number of ether oxygens (including phenoxy) is 2. The zero-order valence-electron chi connectivity index (χ0n) is 15.5. The molecule has 0 saturated heterocycles. The number of rotatable bonds is 7. The molecule has 0 radical (unpaired) electrons. The molecule has 0 atom stereocenters. The van der Waals surface area contributed by atoms with Crippen molar-refractivity contribution in [1.29, 1.82) is 0 Å². The fourth-order valence-electron chi connectivity index (χ4n) is 2.45. The summed E-state index contributed by atoms with van der Waals surface area (Å²) >= 11 is 3.47. The molecule has 0 bridgehead atoms. The largest absolute Gasteiger partial charge is 0.493 e. The van der Waals surface area contributed by atoms with Crippen molar-refractivity contribution < 1.29 is 14.3 Å². The van der Waals surface area contributed by atoms with Crippen LogP contribution < -0.4 is 10.5 Å². The van der Waals surface area contributed by atoms with Gasteiger partial charge in [-0.05, 0) is 44.4 Å². The number of aryl methyl sites for hydroxylation is 1. The minimum Gasteiger partial charge on any atom is -0.493 e. The Balaban J connectivity index is 2.56. The average molecular weight is 422 g/mol. The van der Waals surface area contributed by atoms with Crippen molar-refractivity contribution in [2.45, 2.75) is 34.1 Å². The van der Waals surface area contributed by atoms with Crippen LogP contribution >= 0.6 is 15.9 Å². The molecule has 26 heavy (non-hydrogen) atoms. The maximum atomic E-state index is 12.5. The van der Waals surface area contributed by atoms with Gasteiger partial charge in [-0.2, -0.15) is 0 Å². The first kappa shape index (κ1) is 20.2. The molecule has 6 nitrogen and oxygen atoms in total. The third-order valence-corrected chi connectivity index (χ3v) is 4.23. The second kappa shape index (κ2) is 8.98. The summed E-state index contributed by atoms with van der Waals surface area (Å²) in [5.74, 6) is 0.782. The van der Waals surface area contributed by atoms with Crippen LogP contribution in [0.1, 0.15) is 43.2 Å². The third kappa shape index (κ3) is 4.94. The number of hydrogen-bond donors (Lipinski definition) is 1. The molecule has 0 aliphatic rings. The minimum absolute atomic E-state index is 0.0960. The number of hydrogen-bond acceptors (Lipinski definition) is 6. The second-order valence-electron chi connectivity index (χ2n) is 6.28. The van der Waals surface area contributed by atoms with Gasteiger partial charge >= 0.3 is 5.97 Å². The highest BCUT2D eigenvalue weighted by atomic mass is 79.9. The van der Waals surface area contributed by atoms with Gasteiger partial charge in [-0.3, -0.25) is 0 Å². The molecule has 0 unspecified atom stereocenters. The Morgan fingerprint density at radius 2 is 2.04 bits per heavy atom. The molecule has 0 saturated carbocycles. The second-order valence-corrected chi connectivity index (χ2v) is 7.20. The number of anilines is 1. The molecule has 1 heterocycles. The molecule has 0 spiro atoms. The van der Waals surface area contributed by atoms with Crippen molar-refractivity contribution in [3.05, 3.63) is 33.9 Å². The average Bonchev–Trinajstić information content (AvgIpc) is 2.55. The summed E-state index contributed by atoms with van der Waals surface area (Å²) in [4.78, 5) is 20.9. The first-order chi connectivity index (χ1) is 12.3. The summed E-state index contributed by atoms with van der Waals surface area (Å²) in [5.41, 5.74) is 7.69. The van der Waals surface area contributed by atoms with E-state index in [1.807, 2.05) is 18.2 Å². The van der Waals surface area contributed by atoms with E-state index in [2.05, 4.69) is 39.7 Å². The lowest BCUT2D eigenvalue weighted by Gasteiger charge is -2.16. The molecule has 0 aliphatic heterocycles. The van der Waals surface area contributed by atoms with Crippen LogP contribution in [-0.2, 0) is 4.74 Å². The van der Waals surface area contributed by atoms with E-state index in [-0.39, 0.29) is 12.6 Å². The number of benzene rings is 1. The van der Waals surface area contributed by atoms with Crippen LogP contribution in [0.5, 0.6) is 5.75 Å². The smallest absolute Gasteiger partial charge is 0.342 e. The number of aromatic nitrogens is 2. The summed E-state index contributed by atoms with van der Waals surface area (Å²) in [6, 6.07) is 5.59. The Kier molecular flexibility index (Phi) is 6.97. The van der Waals surface area contributed by atoms with E-state index < -0.39 is 5.97 Å². The third-order valence-electron chi connectivity index (χ3n) is 3.74. The monoisotopic (exact) mass is 421 g/mol. The zero-order valence-corrected chi connectivity index (χ0v) is 17.1. The van der Waals surface area contributed by atoms with E-state index in [1.165, 1.54) is 0 Å². The first-order valence-corrected chi connectivity index (χ1v) is 9.36. The summed E-state index contributed by atoms with van der Waals surface area (Å²) in [6.07, 6.45) is 0.922. The summed E-state index contributed by atoms with van der Waals surface area (Å²) in [7, 11) is 0. The van der Waals surface area contributed by atoms with Crippen LogP contribution in [0.4, 0.5) is 5.95 Å². The number of nitrogen functional groups attached to an aromatic ring is 1. The van der Waals surface area contributed by atoms with Gasteiger partial charge in [0.25, 0.3) is 0 Å². The number of nitrogens with two attached hydrogens (primary N) is 1. The molecule has 1 aromatic heterocycles. The van der Waals surface area contributed by atoms with Gasteiger partial charge in [-0.15, -0.1) is 0 Å². The van der Waals surface area contributed by atoms with E-state index in [9.17, 15) is 4.79 Å². The Morgan fingerprint density at radius 3 is 2.69 bits per heavy atom. The van der Waals surface area contributed by atoms with Crippen molar-refractivity contribution in [3.63, 3.8) is 0 Å². The van der Waals surface area contributed by atoms with E-state index >= 15 is 0 Å². The highest BCUT2D eigenvalue weighted by molar-refractivity contribution is 9.10. The van der Waals surface area contributed by atoms with E-state index in [1.54, 1.807) is 13.8 Å². The van der Waals surface area contributed by atoms with E-state index in [4.69, 9.17) is 15.2 Å². The van der Waals surface area contributed by atoms with Crippen LogP contribution in [0, 0.1) is 12.8 Å². The highest BCUT2D eigenvalue weighted by Gasteiger charge is 2.23. The van der Waals surface area contributed by atoms with Gasteiger partial charge in [0.1, 0.15) is 11.3 Å². The minimum atomic E-state index is -0.479.